The Morgan fingerprint density at radius 2 is 1.52 bits per heavy atom. The van der Waals surface area contributed by atoms with Gasteiger partial charge in [0.25, 0.3) is 0 Å². The smallest absolute Gasteiger partial charge is 0.336 e. The van der Waals surface area contributed by atoms with Crippen molar-refractivity contribution in [1.29, 1.82) is 0 Å². The van der Waals surface area contributed by atoms with Gasteiger partial charge in [-0.15, -0.1) is 11.6 Å². The van der Waals surface area contributed by atoms with E-state index in [-0.39, 0.29) is 30.2 Å². The third-order valence-corrected chi connectivity index (χ3v) is 8.37. The number of carbonyl (C=O) groups is 2. The summed E-state index contributed by atoms with van der Waals surface area (Å²) in [5, 5.41) is -0.263. The van der Waals surface area contributed by atoms with Gasteiger partial charge in [0, 0.05) is 0 Å². The average molecular weight is 469 g/mol. The van der Waals surface area contributed by atoms with Gasteiger partial charge in [-0.25, -0.2) is 4.79 Å². The molecule has 0 aromatic carbocycles. The molecule has 0 heterocycles. The largest absolute Gasteiger partial charge is 0.461 e. The summed E-state index contributed by atoms with van der Waals surface area (Å²) in [4.78, 5) is 23.6. The number of hydrogen-bond donors (Lipinski definition) is 0. The fourth-order valence-electron chi connectivity index (χ4n) is 2.98. The first-order valence-electron chi connectivity index (χ1n) is 6.87. The van der Waals surface area contributed by atoms with E-state index in [0.717, 1.165) is 0 Å². The third kappa shape index (κ3) is 2.56. The van der Waals surface area contributed by atoms with Crippen molar-refractivity contribution in [2.45, 2.75) is 20.0 Å². The highest BCUT2D eigenvalue weighted by molar-refractivity contribution is 6.69. The lowest BCUT2D eigenvalue weighted by atomic mass is 9.79. The van der Waals surface area contributed by atoms with E-state index >= 15 is 0 Å². The Hall–Kier alpha value is -0.1000. The van der Waals surface area contributed by atoms with Crippen molar-refractivity contribution in [3.8, 4) is 0 Å². The van der Waals surface area contributed by atoms with Crippen LogP contribution in [0, 0.1) is 5.41 Å². The summed E-state index contributed by atoms with van der Waals surface area (Å²) < 4.78 is 5.77. The fourth-order valence-corrected chi connectivity index (χ4v) is 5.50. The lowest BCUT2D eigenvalue weighted by Crippen LogP contribution is -2.57. The lowest BCUT2D eigenvalue weighted by molar-refractivity contribution is -0.155. The quantitative estimate of drug-likeness (QED) is 0.323. The number of ether oxygens (including phenoxy) is 2. The van der Waals surface area contributed by atoms with Crippen molar-refractivity contribution in [2.75, 3.05) is 13.2 Å². The maximum Gasteiger partial charge on any atom is 0.336 e. The number of carbonyl (C=O) groups excluding carboxylic acids is 2. The summed E-state index contributed by atoms with van der Waals surface area (Å²) >= 11 is 38.1. The van der Waals surface area contributed by atoms with E-state index < -0.39 is 30.9 Å². The number of hydrogen-bond acceptors (Lipinski definition) is 4. The van der Waals surface area contributed by atoms with E-state index in [0.29, 0.717) is 0 Å². The first-order chi connectivity index (χ1) is 11.5. The lowest BCUT2D eigenvalue weighted by Gasteiger charge is -2.44. The van der Waals surface area contributed by atoms with Crippen LogP contribution in [-0.2, 0) is 19.1 Å². The van der Waals surface area contributed by atoms with Gasteiger partial charge in [0.15, 0.2) is 8.67 Å². The van der Waals surface area contributed by atoms with Crippen LogP contribution in [0.15, 0.2) is 35.9 Å². The van der Waals surface area contributed by atoms with Gasteiger partial charge < -0.3 is 9.47 Å². The summed E-state index contributed by atoms with van der Waals surface area (Å²) in [6.45, 7) is 6.58. The minimum Gasteiger partial charge on any atom is -0.461 e. The zero-order valence-corrected chi connectivity index (χ0v) is 17.1. The highest BCUT2D eigenvalue weighted by Crippen LogP contribution is 2.78. The molecule has 4 nitrogen and oxygen atoms in total. The van der Waals surface area contributed by atoms with Gasteiger partial charge in [-0.3, -0.25) is 4.79 Å². The average Bonchev–Trinajstić information content (AvgIpc) is 2.86. The second kappa shape index (κ2) is 6.81. The second-order valence-corrected chi connectivity index (χ2v) is 9.17. The van der Waals surface area contributed by atoms with Gasteiger partial charge in [-0.05, 0) is 6.42 Å². The molecule has 2 rings (SSSR count). The Morgan fingerprint density at radius 3 is 2.04 bits per heavy atom. The minimum atomic E-state index is -2.22. The van der Waals surface area contributed by atoms with E-state index in [9.17, 15) is 9.59 Å². The van der Waals surface area contributed by atoms with Gasteiger partial charge in [0.05, 0.1) is 10.6 Å². The van der Waals surface area contributed by atoms with Gasteiger partial charge in [0.1, 0.15) is 23.5 Å². The first kappa shape index (κ1) is 21.2. The molecule has 138 valence electrons. The molecule has 0 radical (unpaired) electrons. The molecule has 1 fully saturated rings. The van der Waals surface area contributed by atoms with Gasteiger partial charge in [0.2, 0.25) is 0 Å². The minimum absolute atomic E-state index is 0.135. The van der Waals surface area contributed by atoms with Crippen LogP contribution in [0.5, 0.6) is 0 Å². The van der Waals surface area contributed by atoms with Crippen LogP contribution in [0.2, 0.25) is 0 Å². The van der Waals surface area contributed by atoms with Crippen LogP contribution in [0.25, 0.3) is 0 Å². The topological polar surface area (TPSA) is 52.6 Å². The highest BCUT2D eigenvalue weighted by Gasteiger charge is 2.86. The maximum atomic E-state index is 12.8. The molecule has 2 unspecified atom stereocenters. The molecule has 0 saturated heterocycles. The van der Waals surface area contributed by atoms with Crippen molar-refractivity contribution >= 4 is 81.5 Å². The molecule has 2 aliphatic rings. The molecule has 0 amide bonds. The Bertz CT molecular complexity index is 686. The maximum absolute atomic E-state index is 12.8. The molecule has 0 N–H and O–H groups in total. The summed E-state index contributed by atoms with van der Waals surface area (Å²) in [5.74, 6) is -1.91. The Labute approximate surface area is 174 Å². The second-order valence-electron chi connectivity index (χ2n) is 5.50. The van der Waals surface area contributed by atoms with Crippen molar-refractivity contribution in [2.24, 2.45) is 5.41 Å². The molecule has 0 aromatic heterocycles. The van der Waals surface area contributed by atoms with E-state index in [1.807, 2.05) is 0 Å². The number of fused-ring (bicyclic) bond motifs is 2. The molecule has 2 bridgehead atoms. The molecule has 1 saturated carbocycles. The van der Waals surface area contributed by atoms with E-state index in [2.05, 4.69) is 13.2 Å². The molecule has 25 heavy (non-hydrogen) atoms. The summed E-state index contributed by atoms with van der Waals surface area (Å²) in [5.41, 5.74) is -2.35. The Balaban J connectivity index is 2.69. The Kier molecular flexibility index (Phi) is 5.78. The summed E-state index contributed by atoms with van der Waals surface area (Å²) in [7, 11) is 0. The van der Waals surface area contributed by atoms with E-state index in [1.54, 1.807) is 0 Å². The van der Waals surface area contributed by atoms with Crippen molar-refractivity contribution in [3.63, 3.8) is 0 Å². The van der Waals surface area contributed by atoms with Crippen molar-refractivity contribution < 1.29 is 19.1 Å². The molecular formula is C15H12Cl6O4. The monoisotopic (exact) mass is 466 g/mol. The molecule has 0 aliphatic heterocycles. The highest BCUT2D eigenvalue weighted by atomic mass is 35.5. The molecule has 0 aromatic rings. The van der Waals surface area contributed by atoms with Crippen molar-refractivity contribution in [1.82, 2.24) is 0 Å². The summed E-state index contributed by atoms with van der Waals surface area (Å²) in [6.07, 6.45) is 2.32. The van der Waals surface area contributed by atoms with E-state index in [4.69, 9.17) is 79.1 Å². The number of halogens is 6. The van der Waals surface area contributed by atoms with Crippen molar-refractivity contribution in [3.05, 3.63) is 35.9 Å². The standard InChI is InChI=1S/C15H12Cl6O4/c1-3-5-24-10(22)8-9(16)13(17)7-12(8,11(23)25-6-4-2)14(18,19)15(13,20)21/h3-4H,1-2,5-7H2. The fraction of sp³-hybridized carbons (Fsp3) is 0.467. The summed E-state index contributed by atoms with van der Waals surface area (Å²) in [6, 6.07) is 0. The zero-order valence-electron chi connectivity index (χ0n) is 12.6. The van der Waals surface area contributed by atoms with Crippen LogP contribution in [-0.4, -0.2) is 38.7 Å². The SMILES string of the molecule is C=CCOC(=O)C1=C(Cl)C2(Cl)CC1(C(=O)OCC=C)C(Cl)(Cl)C2(Cl)Cl. The van der Waals surface area contributed by atoms with Crippen LogP contribution in [0.4, 0.5) is 0 Å². The molecular weight excluding hydrogens is 457 g/mol. The zero-order chi connectivity index (χ0) is 19.3. The molecule has 0 spiro atoms. The predicted molar refractivity (Wildman–Crippen MR) is 99.7 cm³/mol. The van der Waals surface area contributed by atoms with Gasteiger partial charge in [-0.1, -0.05) is 83.3 Å². The van der Waals surface area contributed by atoms with Gasteiger partial charge >= 0.3 is 11.9 Å². The Morgan fingerprint density at radius 1 is 1.00 bits per heavy atom. The van der Waals surface area contributed by atoms with Crippen LogP contribution in [0.1, 0.15) is 6.42 Å². The number of allylic oxidation sites excluding steroid dienone is 1. The predicted octanol–water partition coefficient (Wildman–Crippen LogP) is 4.67. The third-order valence-electron chi connectivity index (χ3n) is 4.15. The molecule has 10 heteroatoms. The number of alkyl halides is 5. The normalized spacial score (nSPS) is 31.6. The van der Waals surface area contributed by atoms with Crippen LogP contribution in [0.3, 0.4) is 0 Å². The first-order valence-corrected chi connectivity index (χ1v) is 9.14. The molecule has 2 aliphatic carbocycles. The number of rotatable bonds is 6. The number of esters is 2. The van der Waals surface area contributed by atoms with Crippen LogP contribution >= 0.6 is 69.6 Å². The van der Waals surface area contributed by atoms with E-state index in [1.165, 1.54) is 12.2 Å². The van der Waals surface area contributed by atoms with Crippen LogP contribution < -0.4 is 0 Å². The van der Waals surface area contributed by atoms with Gasteiger partial charge in [-0.2, -0.15) is 0 Å². The molecule has 2 atom stereocenters.